The summed E-state index contributed by atoms with van der Waals surface area (Å²) >= 11 is 0. The van der Waals surface area contributed by atoms with Crippen LogP contribution in [0.3, 0.4) is 0 Å². The Morgan fingerprint density at radius 2 is 1.92 bits per heavy atom. The van der Waals surface area contributed by atoms with Crippen molar-refractivity contribution in [2.45, 2.75) is 52.6 Å². The van der Waals surface area contributed by atoms with E-state index in [1.54, 1.807) is 0 Å². The molecule has 0 radical (unpaired) electrons. The van der Waals surface area contributed by atoms with Crippen LogP contribution in [-0.4, -0.2) is 18.8 Å². The molecule has 0 saturated carbocycles. The van der Waals surface area contributed by atoms with Crippen LogP contribution < -0.4 is 5.73 Å². The summed E-state index contributed by atoms with van der Waals surface area (Å²) in [6.45, 7) is 10.4. The number of ether oxygens (including phenoxy) is 1. The van der Waals surface area contributed by atoms with Gasteiger partial charge in [-0.15, -0.1) is 0 Å². The first-order chi connectivity index (χ1) is 5.98. The maximum atomic E-state index is 5.79. The largest absolute Gasteiger partial charge is 0.376 e. The highest BCUT2D eigenvalue weighted by molar-refractivity contribution is 4.68. The van der Waals surface area contributed by atoms with E-state index in [0.29, 0.717) is 0 Å². The first-order valence-electron chi connectivity index (χ1n) is 5.32. The minimum absolute atomic E-state index is 0.00819. The molecule has 0 aromatic rings. The van der Waals surface area contributed by atoms with Gasteiger partial charge in [-0.2, -0.15) is 0 Å². The first-order valence-corrected chi connectivity index (χ1v) is 5.32. The van der Waals surface area contributed by atoms with Crippen molar-refractivity contribution >= 4 is 0 Å². The average molecular weight is 187 g/mol. The Labute approximate surface area is 82.8 Å². The summed E-state index contributed by atoms with van der Waals surface area (Å²) in [5.74, 6) is 0.727. The van der Waals surface area contributed by atoms with E-state index < -0.39 is 0 Å². The molecule has 2 N–H and O–H groups in total. The second-order valence-corrected chi connectivity index (χ2v) is 4.68. The monoisotopic (exact) mass is 187 g/mol. The zero-order chi connectivity index (χ0) is 10.3. The molecule has 0 spiro atoms. The molecule has 0 fully saturated rings. The molecule has 0 aromatic heterocycles. The Morgan fingerprint density at radius 3 is 2.38 bits per heavy atom. The lowest BCUT2D eigenvalue weighted by molar-refractivity contribution is -0.0284. The van der Waals surface area contributed by atoms with Gasteiger partial charge < -0.3 is 10.5 Å². The fourth-order valence-electron chi connectivity index (χ4n) is 1.17. The lowest BCUT2D eigenvalue weighted by atomic mass is 10.0. The zero-order valence-corrected chi connectivity index (χ0v) is 9.60. The second kappa shape index (κ2) is 6.39. The van der Waals surface area contributed by atoms with Crippen molar-refractivity contribution in [2.75, 3.05) is 13.2 Å². The van der Waals surface area contributed by atoms with Gasteiger partial charge in [-0.25, -0.2) is 0 Å². The molecule has 80 valence electrons. The van der Waals surface area contributed by atoms with E-state index in [-0.39, 0.29) is 5.60 Å². The molecule has 0 aliphatic rings. The third-order valence-electron chi connectivity index (χ3n) is 2.17. The quantitative estimate of drug-likeness (QED) is 0.665. The summed E-state index contributed by atoms with van der Waals surface area (Å²) in [5.41, 5.74) is 5.47. The van der Waals surface area contributed by atoms with Crippen molar-refractivity contribution in [1.29, 1.82) is 0 Å². The zero-order valence-electron chi connectivity index (χ0n) is 9.60. The van der Waals surface area contributed by atoms with Crippen molar-refractivity contribution < 1.29 is 4.74 Å². The predicted octanol–water partition coefficient (Wildman–Crippen LogP) is 2.57. The van der Waals surface area contributed by atoms with E-state index in [2.05, 4.69) is 27.7 Å². The summed E-state index contributed by atoms with van der Waals surface area (Å²) < 4.78 is 5.79. The van der Waals surface area contributed by atoms with E-state index in [1.807, 2.05) is 0 Å². The van der Waals surface area contributed by atoms with Crippen LogP contribution in [0.1, 0.15) is 47.0 Å². The summed E-state index contributed by atoms with van der Waals surface area (Å²) in [6.07, 6.45) is 3.25. The number of rotatable bonds is 7. The van der Waals surface area contributed by atoms with Crippen LogP contribution in [0, 0.1) is 5.92 Å². The van der Waals surface area contributed by atoms with Gasteiger partial charge in [-0.05, 0) is 45.6 Å². The minimum atomic E-state index is 0.00819. The van der Waals surface area contributed by atoms with E-state index in [0.717, 1.165) is 38.3 Å². The minimum Gasteiger partial charge on any atom is -0.376 e. The van der Waals surface area contributed by atoms with Crippen LogP contribution in [0.2, 0.25) is 0 Å². The summed E-state index contributed by atoms with van der Waals surface area (Å²) in [7, 11) is 0. The Bertz CT molecular complexity index is 121. The Morgan fingerprint density at radius 1 is 1.31 bits per heavy atom. The standard InChI is InChI=1S/C11H25NO/c1-10(2)6-9-13-11(3,4)7-5-8-12/h10H,5-9,12H2,1-4H3. The molecule has 2 heteroatoms. The van der Waals surface area contributed by atoms with Gasteiger partial charge in [0.15, 0.2) is 0 Å². The maximum Gasteiger partial charge on any atom is 0.0627 e. The second-order valence-electron chi connectivity index (χ2n) is 4.68. The Balaban J connectivity index is 3.50. The molecule has 0 amide bonds. The predicted molar refractivity (Wildman–Crippen MR) is 57.8 cm³/mol. The third-order valence-corrected chi connectivity index (χ3v) is 2.17. The van der Waals surface area contributed by atoms with Crippen molar-refractivity contribution in [3.63, 3.8) is 0 Å². The molecule has 2 nitrogen and oxygen atoms in total. The number of hydrogen-bond acceptors (Lipinski definition) is 2. The lowest BCUT2D eigenvalue weighted by Gasteiger charge is -2.25. The van der Waals surface area contributed by atoms with E-state index in [4.69, 9.17) is 10.5 Å². The van der Waals surface area contributed by atoms with Gasteiger partial charge in [0, 0.05) is 6.61 Å². The topological polar surface area (TPSA) is 35.2 Å². The molecule has 0 unspecified atom stereocenters. The Kier molecular flexibility index (Phi) is 6.35. The molecule has 0 aromatic carbocycles. The highest BCUT2D eigenvalue weighted by Gasteiger charge is 2.17. The lowest BCUT2D eigenvalue weighted by Crippen LogP contribution is -2.26. The molecule has 0 saturated heterocycles. The summed E-state index contributed by atoms with van der Waals surface area (Å²) in [6, 6.07) is 0. The molecule has 0 rings (SSSR count). The number of hydrogen-bond donors (Lipinski definition) is 1. The van der Waals surface area contributed by atoms with Crippen LogP contribution in [0.4, 0.5) is 0 Å². The molecular formula is C11H25NO. The average Bonchev–Trinajstić information content (AvgIpc) is 2.00. The van der Waals surface area contributed by atoms with Crippen molar-refractivity contribution in [2.24, 2.45) is 11.7 Å². The van der Waals surface area contributed by atoms with Gasteiger partial charge in [-0.1, -0.05) is 13.8 Å². The molecule has 0 aliphatic heterocycles. The maximum absolute atomic E-state index is 5.79. The summed E-state index contributed by atoms with van der Waals surface area (Å²) in [4.78, 5) is 0. The normalized spacial score (nSPS) is 12.5. The first kappa shape index (κ1) is 12.9. The SMILES string of the molecule is CC(C)CCOC(C)(C)CCCN. The Hall–Kier alpha value is -0.0800. The van der Waals surface area contributed by atoms with E-state index >= 15 is 0 Å². The summed E-state index contributed by atoms with van der Waals surface area (Å²) in [5, 5.41) is 0. The van der Waals surface area contributed by atoms with Gasteiger partial charge in [0.25, 0.3) is 0 Å². The van der Waals surface area contributed by atoms with Crippen molar-refractivity contribution in [1.82, 2.24) is 0 Å². The van der Waals surface area contributed by atoms with E-state index in [9.17, 15) is 0 Å². The number of nitrogens with two attached hydrogens (primary N) is 1. The molecular weight excluding hydrogens is 162 g/mol. The fourth-order valence-corrected chi connectivity index (χ4v) is 1.17. The van der Waals surface area contributed by atoms with Gasteiger partial charge in [0.05, 0.1) is 5.60 Å². The fraction of sp³-hybridized carbons (Fsp3) is 1.00. The molecule has 0 aliphatic carbocycles. The molecule has 13 heavy (non-hydrogen) atoms. The molecule has 0 heterocycles. The van der Waals surface area contributed by atoms with E-state index in [1.165, 1.54) is 0 Å². The van der Waals surface area contributed by atoms with Crippen LogP contribution in [0.5, 0.6) is 0 Å². The van der Waals surface area contributed by atoms with Gasteiger partial charge >= 0.3 is 0 Å². The van der Waals surface area contributed by atoms with Crippen molar-refractivity contribution in [3.05, 3.63) is 0 Å². The third kappa shape index (κ3) is 8.26. The van der Waals surface area contributed by atoms with Gasteiger partial charge in [-0.3, -0.25) is 0 Å². The van der Waals surface area contributed by atoms with Crippen LogP contribution in [-0.2, 0) is 4.74 Å². The molecule has 0 bridgehead atoms. The van der Waals surface area contributed by atoms with Crippen LogP contribution in [0.15, 0.2) is 0 Å². The van der Waals surface area contributed by atoms with Crippen molar-refractivity contribution in [3.8, 4) is 0 Å². The van der Waals surface area contributed by atoms with Gasteiger partial charge in [0.2, 0.25) is 0 Å². The van der Waals surface area contributed by atoms with Crippen LogP contribution >= 0.6 is 0 Å². The highest BCUT2D eigenvalue weighted by Crippen LogP contribution is 2.17. The van der Waals surface area contributed by atoms with Gasteiger partial charge in [0.1, 0.15) is 0 Å². The smallest absolute Gasteiger partial charge is 0.0627 e. The highest BCUT2D eigenvalue weighted by atomic mass is 16.5. The van der Waals surface area contributed by atoms with Crippen LogP contribution in [0.25, 0.3) is 0 Å². The molecule has 0 atom stereocenters.